The molecule has 0 fully saturated rings. The van der Waals surface area contributed by atoms with Crippen molar-refractivity contribution in [2.75, 3.05) is 0 Å². The molecule has 1 aromatic rings. The lowest BCUT2D eigenvalue weighted by Gasteiger charge is -1.98. The van der Waals surface area contributed by atoms with Crippen molar-refractivity contribution in [1.29, 1.82) is 0 Å². The quantitative estimate of drug-likeness (QED) is 0.615. The Kier molecular flexibility index (Phi) is 3.04. The fraction of sp³-hybridized carbons (Fsp3) is 0.429. The van der Waals surface area contributed by atoms with Gasteiger partial charge in [0, 0.05) is 6.54 Å². The molecule has 3 nitrogen and oxygen atoms in total. The van der Waals surface area contributed by atoms with Crippen LogP contribution in [0.2, 0.25) is 0 Å². The number of nitrogens with zero attached hydrogens (tertiary/aromatic N) is 2. The highest BCUT2D eigenvalue weighted by Crippen LogP contribution is 2.08. The van der Waals surface area contributed by atoms with Crippen LogP contribution in [0.3, 0.4) is 0 Å². The third-order valence-electron chi connectivity index (χ3n) is 1.38. The highest BCUT2D eigenvalue weighted by molar-refractivity contribution is 14.1. The molecule has 1 aromatic heterocycles. The summed E-state index contributed by atoms with van der Waals surface area (Å²) in [6.45, 7) is 2.88. The molecule has 0 aliphatic heterocycles. The molecular weight excluding hydrogens is 255 g/mol. The number of hydrogen-bond donors (Lipinski definition) is 0. The molecule has 1 heterocycles. The molecule has 0 aliphatic carbocycles. The summed E-state index contributed by atoms with van der Waals surface area (Å²) in [6, 6.07) is 0. The maximum Gasteiger partial charge on any atom is 0.169 e. The zero-order chi connectivity index (χ0) is 8.27. The minimum absolute atomic E-state index is 0.687. The molecule has 0 aliphatic rings. The highest BCUT2D eigenvalue weighted by Gasteiger charge is 2.04. The molecule has 0 saturated carbocycles. The molecule has 0 atom stereocenters. The van der Waals surface area contributed by atoms with E-state index in [-0.39, 0.29) is 0 Å². The second-order valence-corrected chi connectivity index (χ2v) is 3.38. The number of aldehydes is 1. The Balaban J connectivity index is 2.95. The van der Waals surface area contributed by atoms with Crippen LogP contribution in [0, 0.1) is 3.57 Å². The van der Waals surface area contributed by atoms with Gasteiger partial charge in [0.1, 0.15) is 5.69 Å². The molecule has 60 valence electrons. The first-order chi connectivity index (χ1) is 5.29. The number of rotatable bonds is 3. The van der Waals surface area contributed by atoms with Gasteiger partial charge in [-0.2, -0.15) is 5.10 Å². The molecule has 0 amide bonds. The van der Waals surface area contributed by atoms with Gasteiger partial charge in [-0.1, -0.05) is 6.92 Å². The fourth-order valence-corrected chi connectivity index (χ4v) is 1.41. The van der Waals surface area contributed by atoms with Crippen LogP contribution in [-0.2, 0) is 6.54 Å². The van der Waals surface area contributed by atoms with E-state index < -0.39 is 0 Å². The normalized spacial score (nSPS) is 10.0. The number of carbonyl (C=O) groups excluding carboxylic acids is 1. The zero-order valence-corrected chi connectivity index (χ0v) is 8.41. The third kappa shape index (κ3) is 1.79. The molecule has 0 spiro atoms. The van der Waals surface area contributed by atoms with Gasteiger partial charge in [-0.3, -0.25) is 9.48 Å². The predicted octanol–water partition coefficient (Wildman–Crippen LogP) is 1.71. The fourth-order valence-electron chi connectivity index (χ4n) is 0.879. The van der Waals surface area contributed by atoms with Crippen molar-refractivity contribution in [2.45, 2.75) is 19.9 Å². The van der Waals surface area contributed by atoms with E-state index in [0.29, 0.717) is 5.69 Å². The number of carbonyl (C=O) groups is 1. The number of aryl methyl sites for hydroxylation is 1. The van der Waals surface area contributed by atoms with E-state index >= 15 is 0 Å². The minimum atomic E-state index is 0.687. The van der Waals surface area contributed by atoms with Crippen molar-refractivity contribution < 1.29 is 4.79 Å². The number of halogens is 1. The first-order valence-corrected chi connectivity index (χ1v) is 4.54. The molecule has 0 radical (unpaired) electrons. The molecule has 0 saturated heterocycles. The van der Waals surface area contributed by atoms with E-state index in [0.717, 1.165) is 22.8 Å². The van der Waals surface area contributed by atoms with Crippen molar-refractivity contribution in [3.63, 3.8) is 0 Å². The van der Waals surface area contributed by atoms with Crippen molar-refractivity contribution in [2.24, 2.45) is 0 Å². The Hall–Kier alpha value is -0.390. The molecule has 4 heteroatoms. The maximum atomic E-state index is 10.5. The Morgan fingerprint density at radius 3 is 3.09 bits per heavy atom. The summed E-state index contributed by atoms with van der Waals surface area (Å²) in [6.07, 6.45) is 3.56. The summed E-state index contributed by atoms with van der Waals surface area (Å²) in [5.41, 5.74) is 0.687. The van der Waals surface area contributed by atoms with Crippen molar-refractivity contribution in [3.8, 4) is 0 Å². The standard InChI is InChI=1S/C7H9IN2O/c1-2-3-10-7(5-11)6(8)4-9-10/h4-5H,2-3H2,1H3. The Labute approximate surface area is 78.9 Å². The van der Waals surface area contributed by atoms with Gasteiger partial charge in [-0.05, 0) is 29.0 Å². The average Bonchev–Trinajstić information content (AvgIpc) is 2.33. The highest BCUT2D eigenvalue weighted by atomic mass is 127. The van der Waals surface area contributed by atoms with E-state index in [2.05, 4.69) is 34.6 Å². The smallest absolute Gasteiger partial charge is 0.169 e. The van der Waals surface area contributed by atoms with Gasteiger partial charge in [0.2, 0.25) is 0 Å². The monoisotopic (exact) mass is 264 g/mol. The van der Waals surface area contributed by atoms with Gasteiger partial charge in [0.15, 0.2) is 6.29 Å². The lowest BCUT2D eigenvalue weighted by atomic mass is 10.4. The molecule has 1 rings (SSSR count). The summed E-state index contributed by atoms with van der Waals surface area (Å²) in [4.78, 5) is 10.5. The zero-order valence-electron chi connectivity index (χ0n) is 6.25. The van der Waals surface area contributed by atoms with Crippen LogP contribution in [-0.4, -0.2) is 16.1 Å². The van der Waals surface area contributed by atoms with Gasteiger partial charge in [0.25, 0.3) is 0 Å². The van der Waals surface area contributed by atoms with Crippen LogP contribution < -0.4 is 0 Å². The van der Waals surface area contributed by atoms with Crippen LogP contribution in [0.15, 0.2) is 6.20 Å². The van der Waals surface area contributed by atoms with Gasteiger partial charge >= 0.3 is 0 Å². The Morgan fingerprint density at radius 1 is 1.82 bits per heavy atom. The first kappa shape index (κ1) is 8.70. The number of aromatic nitrogens is 2. The summed E-state index contributed by atoms with van der Waals surface area (Å²) in [7, 11) is 0. The lowest BCUT2D eigenvalue weighted by Crippen LogP contribution is -2.03. The van der Waals surface area contributed by atoms with Crippen LogP contribution >= 0.6 is 22.6 Å². The Bertz CT molecular complexity index is 257. The lowest BCUT2D eigenvalue weighted by molar-refractivity contribution is 0.111. The number of hydrogen-bond acceptors (Lipinski definition) is 2. The van der Waals surface area contributed by atoms with Crippen LogP contribution in [0.5, 0.6) is 0 Å². The van der Waals surface area contributed by atoms with Gasteiger partial charge in [-0.15, -0.1) is 0 Å². The minimum Gasteiger partial charge on any atom is -0.296 e. The van der Waals surface area contributed by atoms with Crippen LogP contribution in [0.4, 0.5) is 0 Å². The maximum absolute atomic E-state index is 10.5. The van der Waals surface area contributed by atoms with Crippen LogP contribution in [0.1, 0.15) is 23.8 Å². The predicted molar refractivity (Wildman–Crippen MR) is 50.6 cm³/mol. The molecule has 0 bridgehead atoms. The van der Waals surface area contributed by atoms with E-state index in [1.165, 1.54) is 0 Å². The second kappa shape index (κ2) is 3.85. The topological polar surface area (TPSA) is 34.9 Å². The molecule has 0 aromatic carbocycles. The summed E-state index contributed by atoms with van der Waals surface area (Å²) < 4.78 is 2.65. The molecular formula is C7H9IN2O. The van der Waals surface area contributed by atoms with E-state index in [9.17, 15) is 4.79 Å². The van der Waals surface area contributed by atoms with Crippen molar-refractivity contribution in [1.82, 2.24) is 9.78 Å². The second-order valence-electron chi connectivity index (χ2n) is 2.22. The average molecular weight is 264 g/mol. The van der Waals surface area contributed by atoms with Crippen LogP contribution in [0.25, 0.3) is 0 Å². The summed E-state index contributed by atoms with van der Waals surface area (Å²) in [5, 5.41) is 4.05. The summed E-state index contributed by atoms with van der Waals surface area (Å²) >= 11 is 2.11. The van der Waals surface area contributed by atoms with E-state index in [1.54, 1.807) is 10.9 Å². The first-order valence-electron chi connectivity index (χ1n) is 3.46. The third-order valence-corrected chi connectivity index (χ3v) is 2.21. The Morgan fingerprint density at radius 2 is 2.55 bits per heavy atom. The van der Waals surface area contributed by atoms with Gasteiger partial charge in [0.05, 0.1) is 9.77 Å². The SMILES string of the molecule is CCCn1ncc(I)c1C=O. The van der Waals surface area contributed by atoms with Gasteiger partial charge < -0.3 is 0 Å². The van der Waals surface area contributed by atoms with E-state index in [4.69, 9.17) is 0 Å². The van der Waals surface area contributed by atoms with Crippen molar-refractivity contribution >= 4 is 28.9 Å². The largest absolute Gasteiger partial charge is 0.296 e. The molecule has 0 N–H and O–H groups in total. The van der Waals surface area contributed by atoms with Crippen molar-refractivity contribution in [3.05, 3.63) is 15.5 Å². The summed E-state index contributed by atoms with van der Waals surface area (Å²) in [5.74, 6) is 0. The van der Waals surface area contributed by atoms with E-state index in [1.807, 2.05) is 0 Å². The molecule has 11 heavy (non-hydrogen) atoms. The van der Waals surface area contributed by atoms with Gasteiger partial charge in [-0.25, -0.2) is 0 Å². The molecule has 0 unspecified atom stereocenters.